The predicted molar refractivity (Wildman–Crippen MR) is 72.9 cm³/mol. The van der Waals surface area contributed by atoms with Crippen molar-refractivity contribution in [2.24, 2.45) is 0 Å². The predicted octanol–water partition coefficient (Wildman–Crippen LogP) is 3.23. The topological polar surface area (TPSA) is 51.8 Å². The summed E-state index contributed by atoms with van der Waals surface area (Å²) in [6, 6.07) is 10.2. The molecule has 0 saturated heterocycles. The van der Waals surface area contributed by atoms with Crippen molar-refractivity contribution in [2.75, 3.05) is 5.73 Å². The van der Waals surface area contributed by atoms with Crippen molar-refractivity contribution in [3.8, 4) is 11.3 Å². The number of rotatable bonds is 3. The van der Waals surface area contributed by atoms with E-state index >= 15 is 0 Å². The van der Waals surface area contributed by atoms with Crippen LogP contribution in [0.3, 0.4) is 0 Å². The average molecular weight is 245 g/mol. The van der Waals surface area contributed by atoms with E-state index in [1.165, 1.54) is 4.90 Å². The van der Waals surface area contributed by atoms with Crippen LogP contribution in [0.2, 0.25) is 0 Å². The molecule has 3 nitrogen and oxygen atoms in total. The van der Waals surface area contributed by atoms with Crippen molar-refractivity contribution in [1.82, 2.24) is 9.97 Å². The molecule has 1 aromatic carbocycles. The molecule has 0 fully saturated rings. The van der Waals surface area contributed by atoms with Gasteiger partial charge in [-0.2, -0.15) is 0 Å². The highest BCUT2D eigenvalue weighted by Gasteiger charge is 2.02. The number of nitrogens with zero attached hydrogens (tertiary/aromatic N) is 2. The van der Waals surface area contributed by atoms with Crippen molar-refractivity contribution in [3.63, 3.8) is 0 Å². The molecule has 0 radical (unpaired) electrons. The summed E-state index contributed by atoms with van der Waals surface area (Å²) in [4.78, 5) is 9.35. The molecular formula is C13H15N3S. The second-order valence-corrected chi connectivity index (χ2v) is 5.64. The van der Waals surface area contributed by atoms with Crippen molar-refractivity contribution in [2.45, 2.75) is 24.0 Å². The highest BCUT2D eigenvalue weighted by atomic mass is 32.2. The van der Waals surface area contributed by atoms with Gasteiger partial charge in [-0.15, -0.1) is 11.8 Å². The van der Waals surface area contributed by atoms with Crippen LogP contribution in [0.4, 0.5) is 5.95 Å². The molecule has 0 spiro atoms. The third-order valence-electron chi connectivity index (χ3n) is 2.20. The maximum atomic E-state index is 5.57. The Morgan fingerprint density at radius 1 is 1.12 bits per heavy atom. The molecule has 0 saturated carbocycles. The molecular weight excluding hydrogens is 230 g/mol. The fourth-order valence-electron chi connectivity index (χ4n) is 1.51. The molecule has 4 heteroatoms. The van der Waals surface area contributed by atoms with Gasteiger partial charge in [0, 0.05) is 21.9 Å². The molecule has 2 N–H and O–H groups in total. The van der Waals surface area contributed by atoms with Crippen LogP contribution in [0.25, 0.3) is 11.3 Å². The van der Waals surface area contributed by atoms with E-state index in [2.05, 4.69) is 48.1 Å². The first-order valence-corrected chi connectivity index (χ1v) is 6.39. The number of nitrogens with two attached hydrogens (primary N) is 1. The molecule has 0 aliphatic heterocycles. The van der Waals surface area contributed by atoms with Crippen LogP contribution < -0.4 is 5.73 Å². The average Bonchev–Trinajstić information content (AvgIpc) is 2.29. The summed E-state index contributed by atoms with van der Waals surface area (Å²) >= 11 is 1.85. The van der Waals surface area contributed by atoms with Crippen LogP contribution in [0, 0.1) is 0 Å². The van der Waals surface area contributed by atoms with Crippen LogP contribution in [-0.2, 0) is 0 Å². The van der Waals surface area contributed by atoms with Gasteiger partial charge in [0.1, 0.15) is 0 Å². The van der Waals surface area contributed by atoms with E-state index in [4.69, 9.17) is 5.73 Å². The fourth-order valence-corrected chi connectivity index (χ4v) is 2.35. The largest absolute Gasteiger partial charge is 0.368 e. The number of anilines is 1. The molecule has 0 atom stereocenters. The minimum absolute atomic E-state index is 0.308. The summed E-state index contributed by atoms with van der Waals surface area (Å²) in [5, 5.41) is 0.593. The lowest BCUT2D eigenvalue weighted by atomic mass is 10.1. The zero-order valence-corrected chi connectivity index (χ0v) is 10.7. The summed E-state index contributed by atoms with van der Waals surface area (Å²) < 4.78 is 0. The smallest absolute Gasteiger partial charge is 0.220 e. The van der Waals surface area contributed by atoms with E-state index in [1.807, 2.05) is 17.8 Å². The molecule has 2 rings (SSSR count). The number of hydrogen-bond acceptors (Lipinski definition) is 4. The maximum Gasteiger partial charge on any atom is 0.220 e. The van der Waals surface area contributed by atoms with Gasteiger partial charge in [0.2, 0.25) is 5.95 Å². The van der Waals surface area contributed by atoms with Crippen molar-refractivity contribution in [3.05, 3.63) is 36.5 Å². The minimum atomic E-state index is 0.308. The molecule has 0 amide bonds. The zero-order chi connectivity index (χ0) is 12.3. The number of hydrogen-bond donors (Lipinski definition) is 1. The fraction of sp³-hybridized carbons (Fsp3) is 0.231. The van der Waals surface area contributed by atoms with Gasteiger partial charge in [0.05, 0.1) is 5.69 Å². The summed E-state index contributed by atoms with van der Waals surface area (Å²) in [7, 11) is 0. The lowest BCUT2D eigenvalue weighted by Gasteiger charge is -2.06. The van der Waals surface area contributed by atoms with Crippen LogP contribution in [0.15, 0.2) is 41.4 Å². The Labute approximate surface area is 105 Å². The van der Waals surface area contributed by atoms with Gasteiger partial charge in [-0.1, -0.05) is 26.0 Å². The molecule has 1 aromatic heterocycles. The lowest BCUT2D eigenvalue weighted by molar-refractivity contribution is 1.11. The Hall–Kier alpha value is -1.55. The van der Waals surface area contributed by atoms with Gasteiger partial charge in [-0.05, 0) is 18.2 Å². The Morgan fingerprint density at radius 2 is 1.82 bits per heavy atom. The summed E-state index contributed by atoms with van der Waals surface area (Å²) in [5.41, 5.74) is 7.49. The van der Waals surface area contributed by atoms with E-state index < -0.39 is 0 Å². The second kappa shape index (κ2) is 5.19. The first-order valence-electron chi connectivity index (χ1n) is 5.51. The molecule has 0 aliphatic rings. The van der Waals surface area contributed by atoms with Crippen LogP contribution >= 0.6 is 11.8 Å². The summed E-state index contributed by atoms with van der Waals surface area (Å²) in [5.74, 6) is 0.308. The zero-order valence-electron chi connectivity index (χ0n) is 9.92. The number of benzene rings is 1. The van der Waals surface area contributed by atoms with Gasteiger partial charge in [0.15, 0.2) is 0 Å². The highest BCUT2D eigenvalue weighted by molar-refractivity contribution is 7.99. The third kappa shape index (κ3) is 3.20. The third-order valence-corrected chi connectivity index (χ3v) is 3.21. The number of aromatic nitrogens is 2. The van der Waals surface area contributed by atoms with E-state index in [9.17, 15) is 0 Å². The minimum Gasteiger partial charge on any atom is -0.368 e. The van der Waals surface area contributed by atoms with Crippen molar-refractivity contribution >= 4 is 17.7 Å². The van der Waals surface area contributed by atoms with Crippen LogP contribution in [0.5, 0.6) is 0 Å². The van der Waals surface area contributed by atoms with Crippen molar-refractivity contribution < 1.29 is 0 Å². The normalized spacial score (nSPS) is 10.8. The standard InChI is InChI=1S/C13H15N3S/c1-9(2)17-11-5-3-10(4-6-11)12-7-8-15-13(14)16-12/h3-9H,1-2H3,(H2,14,15,16). The summed E-state index contributed by atoms with van der Waals surface area (Å²) in [6.45, 7) is 4.37. The molecule has 0 unspecified atom stereocenters. The number of thioether (sulfide) groups is 1. The van der Waals surface area contributed by atoms with Gasteiger partial charge in [0.25, 0.3) is 0 Å². The monoisotopic (exact) mass is 245 g/mol. The second-order valence-electron chi connectivity index (χ2n) is 3.99. The van der Waals surface area contributed by atoms with E-state index in [0.29, 0.717) is 11.2 Å². The Bertz CT molecular complexity index is 494. The Kier molecular flexibility index (Phi) is 3.64. The van der Waals surface area contributed by atoms with Gasteiger partial charge in [-0.25, -0.2) is 9.97 Å². The van der Waals surface area contributed by atoms with Crippen LogP contribution in [-0.4, -0.2) is 15.2 Å². The first-order chi connectivity index (χ1) is 8.15. The molecule has 1 heterocycles. The Morgan fingerprint density at radius 3 is 2.41 bits per heavy atom. The summed E-state index contributed by atoms with van der Waals surface area (Å²) in [6.07, 6.45) is 1.68. The molecule has 17 heavy (non-hydrogen) atoms. The van der Waals surface area contributed by atoms with Crippen LogP contribution in [0.1, 0.15) is 13.8 Å². The van der Waals surface area contributed by atoms with E-state index in [0.717, 1.165) is 11.3 Å². The Balaban J connectivity index is 2.23. The quantitative estimate of drug-likeness (QED) is 0.843. The lowest BCUT2D eigenvalue weighted by Crippen LogP contribution is -1.95. The van der Waals surface area contributed by atoms with Gasteiger partial charge >= 0.3 is 0 Å². The highest BCUT2D eigenvalue weighted by Crippen LogP contribution is 2.25. The van der Waals surface area contributed by atoms with E-state index in [1.54, 1.807) is 6.20 Å². The van der Waals surface area contributed by atoms with E-state index in [-0.39, 0.29) is 0 Å². The van der Waals surface area contributed by atoms with Crippen molar-refractivity contribution in [1.29, 1.82) is 0 Å². The molecule has 0 bridgehead atoms. The van der Waals surface area contributed by atoms with Gasteiger partial charge < -0.3 is 5.73 Å². The maximum absolute atomic E-state index is 5.57. The molecule has 88 valence electrons. The first kappa shape index (κ1) is 11.9. The molecule has 2 aromatic rings. The molecule has 0 aliphatic carbocycles. The van der Waals surface area contributed by atoms with Gasteiger partial charge in [-0.3, -0.25) is 0 Å². The number of nitrogen functional groups attached to an aromatic ring is 1. The SMILES string of the molecule is CC(C)Sc1ccc(-c2ccnc(N)n2)cc1.